The van der Waals surface area contributed by atoms with Crippen LogP contribution in [-0.2, 0) is 10.5 Å². The Labute approximate surface area is 111 Å². The molecule has 0 aliphatic heterocycles. The molecule has 13 heavy (non-hydrogen) atoms. The zero-order valence-electron chi connectivity index (χ0n) is 8.59. The van der Waals surface area contributed by atoms with Gasteiger partial charge in [0.25, 0.3) is 0 Å². The van der Waals surface area contributed by atoms with E-state index in [1.165, 1.54) is 27.8 Å². The first-order valence-corrected chi connectivity index (χ1v) is 17.6. The van der Waals surface area contributed by atoms with Crippen molar-refractivity contribution >= 4 is 39.2 Å². The fourth-order valence-corrected chi connectivity index (χ4v) is 1.41. The van der Waals surface area contributed by atoms with Gasteiger partial charge in [-0.1, -0.05) is 34.6 Å². The first-order valence-electron chi connectivity index (χ1n) is 4.00. The Morgan fingerprint density at radius 1 is 0.923 bits per heavy atom. The molecule has 1 rings (SSSR count). The third-order valence-corrected chi connectivity index (χ3v) is 2.81. The van der Waals surface area contributed by atoms with E-state index in [0.717, 1.165) is 0 Å². The molecule has 0 nitrogen and oxygen atoms in total. The molecule has 0 aromatic heterocycles. The van der Waals surface area contributed by atoms with E-state index < -0.39 is 0 Å². The summed E-state index contributed by atoms with van der Waals surface area (Å²) in [4.78, 5) is 0. The maximum atomic E-state index is 2.40. The molecule has 0 aliphatic rings. The van der Waals surface area contributed by atoms with E-state index >= 15 is 0 Å². The minimum atomic E-state index is 0.440. The minimum absolute atomic E-state index is 0.440. The van der Waals surface area contributed by atoms with Gasteiger partial charge < -0.3 is 0 Å². The summed E-state index contributed by atoms with van der Waals surface area (Å²) < 4.78 is 0. The zero-order valence-corrected chi connectivity index (χ0v) is 15.3. The summed E-state index contributed by atoms with van der Waals surface area (Å²) in [7, 11) is 0.440. The van der Waals surface area contributed by atoms with Gasteiger partial charge in [-0.2, -0.15) is 27.8 Å². The van der Waals surface area contributed by atoms with Crippen molar-refractivity contribution in [3.63, 3.8) is 0 Å². The van der Waals surface area contributed by atoms with Crippen LogP contribution < -0.4 is 0 Å². The van der Waals surface area contributed by atoms with Crippen molar-refractivity contribution in [2.24, 2.45) is 0 Å². The van der Waals surface area contributed by atoms with E-state index in [9.17, 15) is 0 Å². The molecule has 0 bridgehead atoms. The van der Waals surface area contributed by atoms with E-state index in [2.05, 4.69) is 73.8 Å². The van der Waals surface area contributed by atoms with Crippen LogP contribution in [0.5, 0.6) is 0 Å². The Balaban J connectivity index is 0.000000424. The van der Waals surface area contributed by atoms with Crippen molar-refractivity contribution in [2.45, 2.75) is 34.6 Å². The molecule has 78 valence electrons. The van der Waals surface area contributed by atoms with Crippen LogP contribution in [0, 0.1) is 34.6 Å². The molecule has 0 heterocycles. The van der Waals surface area contributed by atoms with Crippen molar-refractivity contribution in [1.82, 2.24) is 0 Å². The number of hydrogen-bond donors (Lipinski definition) is 0. The summed E-state index contributed by atoms with van der Waals surface area (Å²) in [6.45, 7) is 11.0. The molecule has 1 aromatic carbocycles. The van der Waals surface area contributed by atoms with Crippen LogP contribution in [0.1, 0.15) is 27.8 Å². The molecule has 0 saturated carbocycles. The molecule has 0 atom stereocenters. The standard InChI is InChI=1S/C10H15.2HI.Ir/c1-6-7(2)9(4)10(5)8(6)3;;;/h1-5H3;2*1H;/q-1;;;+3/p-2. The molecular weight excluding hydrogens is 566 g/mol. The summed E-state index contributed by atoms with van der Waals surface area (Å²) in [6, 6.07) is 0. The summed E-state index contributed by atoms with van der Waals surface area (Å²) in [5.74, 6) is 0. The van der Waals surface area contributed by atoms with Gasteiger partial charge in [0.05, 0.1) is 0 Å². The average Bonchev–Trinajstić information content (AvgIpc) is 2.25. The topological polar surface area (TPSA) is 0 Å². The van der Waals surface area contributed by atoms with Gasteiger partial charge >= 0.3 is 49.7 Å². The number of rotatable bonds is 0. The maximum absolute atomic E-state index is 2.40. The number of halogens is 2. The van der Waals surface area contributed by atoms with Crippen LogP contribution in [0.3, 0.4) is 0 Å². The van der Waals surface area contributed by atoms with Crippen LogP contribution >= 0.6 is 39.2 Å². The second-order valence-corrected chi connectivity index (χ2v) is 20.7. The quantitative estimate of drug-likeness (QED) is 0.308. The van der Waals surface area contributed by atoms with Crippen LogP contribution in [0.25, 0.3) is 0 Å². The van der Waals surface area contributed by atoms with Gasteiger partial charge in [-0.15, -0.1) is 0 Å². The van der Waals surface area contributed by atoms with E-state index in [1.807, 2.05) is 0 Å². The molecule has 3 heteroatoms. The molecular formula is C10H15I2Ir. The van der Waals surface area contributed by atoms with Gasteiger partial charge in [0.2, 0.25) is 0 Å². The predicted molar refractivity (Wildman–Crippen MR) is 73.8 cm³/mol. The van der Waals surface area contributed by atoms with Gasteiger partial charge in [0.15, 0.2) is 0 Å². The van der Waals surface area contributed by atoms with Gasteiger partial charge in [0.1, 0.15) is 0 Å². The average molecular weight is 581 g/mol. The Kier molecular flexibility index (Phi) is 7.62. The number of hydrogen-bond acceptors (Lipinski definition) is 0. The van der Waals surface area contributed by atoms with Crippen LogP contribution in [0.2, 0.25) is 0 Å². The molecule has 0 N–H and O–H groups in total. The summed E-state index contributed by atoms with van der Waals surface area (Å²) >= 11 is 4.80. The SMILES string of the molecule is Cc1c(C)c(C)[c-](C)c1C.[I][Ir+][I]. The van der Waals surface area contributed by atoms with E-state index in [-0.39, 0.29) is 0 Å². The van der Waals surface area contributed by atoms with E-state index in [0.29, 0.717) is 10.5 Å². The van der Waals surface area contributed by atoms with E-state index in [4.69, 9.17) is 0 Å². The second kappa shape index (κ2) is 6.85. The second-order valence-electron chi connectivity index (χ2n) is 3.17. The Hall–Kier alpha value is 1.46. The van der Waals surface area contributed by atoms with Crippen LogP contribution in [-0.4, -0.2) is 0 Å². The Bertz CT molecular complexity index is 197. The third-order valence-electron chi connectivity index (χ3n) is 2.81. The monoisotopic (exact) mass is 582 g/mol. The molecule has 0 saturated heterocycles. The molecule has 0 fully saturated rings. The van der Waals surface area contributed by atoms with Gasteiger partial charge in [-0.3, -0.25) is 0 Å². The fourth-order valence-electron chi connectivity index (χ4n) is 1.41. The van der Waals surface area contributed by atoms with Crippen LogP contribution in [0.4, 0.5) is 0 Å². The first kappa shape index (κ1) is 14.5. The molecule has 0 amide bonds. The van der Waals surface area contributed by atoms with Gasteiger partial charge in [-0.25, -0.2) is 0 Å². The summed E-state index contributed by atoms with van der Waals surface area (Å²) in [6.07, 6.45) is 0. The first-order chi connectivity index (χ1) is 5.97. The molecule has 0 radical (unpaired) electrons. The Morgan fingerprint density at radius 3 is 1.23 bits per heavy atom. The molecule has 1 aromatic rings. The zero-order chi connectivity index (χ0) is 10.6. The van der Waals surface area contributed by atoms with Crippen molar-refractivity contribution in [3.05, 3.63) is 27.8 Å². The molecule has 0 aliphatic carbocycles. The van der Waals surface area contributed by atoms with Crippen molar-refractivity contribution in [1.29, 1.82) is 0 Å². The van der Waals surface area contributed by atoms with Gasteiger partial charge in [0, 0.05) is 0 Å². The normalized spacial score (nSPS) is 9.77. The van der Waals surface area contributed by atoms with Gasteiger partial charge in [-0.05, 0) is 0 Å². The fraction of sp³-hybridized carbons (Fsp3) is 0.500. The van der Waals surface area contributed by atoms with Crippen molar-refractivity contribution in [3.8, 4) is 0 Å². The van der Waals surface area contributed by atoms with Crippen LogP contribution in [0.15, 0.2) is 0 Å². The summed E-state index contributed by atoms with van der Waals surface area (Å²) in [5.41, 5.74) is 7.34. The summed E-state index contributed by atoms with van der Waals surface area (Å²) in [5, 5.41) is 0. The predicted octanol–water partition coefficient (Wildman–Crippen LogP) is 4.72. The Morgan fingerprint density at radius 2 is 1.15 bits per heavy atom. The van der Waals surface area contributed by atoms with Crippen molar-refractivity contribution in [2.75, 3.05) is 0 Å². The van der Waals surface area contributed by atoms with Crippen molar-refractivity contribution < 1.29 is 10.5 Å². The molecule has 0 spiro atoms. The van der Waals surface area contributed by atoms with E-state index in [1.54, 1.807) is 0 Å². The third kappa shape index (κ3) is 3.84. The molecule has 0 unspecified atom stereocenters.